The number of rotatable bonds is 2. The Morgan fingerprint density at radius 3 is 2.76 bits per heavy atom. The second kappa shape index (κ2) is 4.77. The minimum atomic E-state index is 0.0283. The summed E-state index contributed by atoms with van der Waals surface area (Å²) in [5.41, 5.74) is 0.997. The fraction of sp³-hybridized carbons (Fsp3) is 0.538. The van der Waals surface area contributed by atoms with E-state index >= 15 is 0 Å². The van der Waals surface area contributed by atoms with Crippen LogP contribution in [0.25, 0.3) is 0 Å². The minimum Gasteiger partial charge on any atom is -0.367 e. The van der Waals surface area contributed by atoms with Crippen molar-refractivity contribution < 1.29 is 4.74 Å². The molecule has 0 bridgehead atoms. The molecule has 1 N–H and O–H groups in total. The zero-order valence-electron chi connectivity index (χ0n) is 9.46. The van der Waals surface area contributed by atoms with Crippen molar-refractivity contribution in [2.45, 2.75) is 25.0 Å². The molecule has 92 valence electrons. The number of hydrogen-bond donors (Lipinski definition) is 1. The maximum Gasteiger partial charge on any atom is 0.0968 e. The van der Waals surface area contributed by atoms with Gasteiger partial charge in [0.2, 0.25) is 0 Å². The average Bonchev–Trinajstić information content (AvgIpc) is 3.17. The standard InChI is InChI=1S/C13H15Cl2NO/c14-10-3-1-2-9(13(10)15)12-7-16-6-11(17-12)8-4-5-8/h1-3,8,11-12,16H,4-7H2. The molecule has 2 nitrogen and oxygen atoms in total. The monoisotopic (exact) mass is 271 g/mol. The first-order valence-corrected chi connectivity index (χ1v) is 6.81. The van der Waals surface area contributed by atoms with Crippen LogP contribution in [0.5, 0.6) is 0 Å². The normalized spacial score (nSPS) is 29.3. The van der Waals surface area contributed by atoms with E-state index in [1.807, 2.05) is 18.2 Å². The molecule has 17 heavy (non-hydrogen) atoms. The van der Waals surface area contributed by atoms with Gasteiger partial charge in [-0.3, -0.25) is 0 Å². The van der Waals surface area contributed by atoms with Crippen LogP contribution in [0.3, 0.4) is 0 Å². The highest BCUT2D eigenvalue weighted by Crippen LogP contribution is 2.39. The fourth-order valence-corrected chi connectivity index (χ4v) is 2.79. The van der Waals surface area contributed by atoms with Gasteiger partial charge in [0.15, 0.2) is 0 Å². The number of hydrogen-bond acceptors (Lipinski definition) is 2. The van der Waals surface area contributed by atoms with E-state index in [2.05, 4.69) is 5.32 Å². The van der Waals surface area contributed by atoms with Gasteiger partial charge >= 0.3 is 0 Å². The van der Waals surface area contributed by atoms with Crippen LogP contribution < -0.4 is 5.32 Å². The first-order valence-electron chi connectivity index (χ1n) is 6.06. The summed E-state index contributed by atoms with van der Waals surface area (Å²) >= 11 is 12.3. The van der Waals surface area contributed by atoms with Crippen LogP contribution in [-0.4, -0.2) is 19.2 Å². The molecule has 0 aromatic heterocycles. The molecule has 2 fully saturated rings. The van der Waals surface area contributed by atoms with E-state index < -0.39 is 0 Å². The zero-order valence-corrected chi connectivity index (χ0v) is 11.0. The molecular formula is C13H15Cl2NO. The van der Waals surface area contributed by atoms with E-state index in [4.69, 9.17) is 27.9 Å². The van der Waals surface area contributed by atoms with Gasteiger partial charge in [0.1, 0.15) is 0 Å². The third-order valence-corrected chi connectivity index (χ3v) is 4.32. The number of nitrogens with one attached hydrogen (secondary N) is 1. The lowest BCUT2D eigenvalue weighted by atomic mass is 10.1. The summed E-state index contributed by atoms with van der Waals surface area (Å²) < 4.78 is 6.13. The predicted molar refractivity (Wildman–Crippen MR) is 69.7 cm³/mol. The Morgan fingerprint density at radius 2 is 2.00 bits per heavy atom. The topological polar surface area (TPSA) is 21.3 Å². The van der Waals surface area contributed by atoms with E-state index in [-0.39, 0.29) is 6.10 Å². The maximum absolute atomic E-state index is 6.23. The summed E-state index contributed by atoms with van der Waals surface area (Å²) in [4.78, 5) is 0. The van der Waals surface area contributed by atoms with Gasteiger partial charge in [-0.1, -0.05) is 35.3 Å². The van der Waals surface area contributed by atoms with Crippen molar-refractivity contribution in [3.05, 3.63) is 33.8 Å². The summed E-state index contributed by atoms with van der Waals surface area (Å²) in [5.74, 6) is 0.739. The second-order valence-corrected chi connectivity index (χ2v) is 5.59. The van der Waals surface area contributed by atoms with E-state index in [1.165, 1.54) is 12.8 Å². The number of halogens is 2. The van der Waals surface area contributed by atoms with E-state index in [1.54, 1.807) is 0 Å². The van der Waals surface area contributed by atoms with Gasteiger partial charge in [0, 0.05) is 18.7 Å². The Hall–Kier alpha value is -0.280. The lowest BCUT2D eigenvalue weighted by molar-refractivity contribution is -0.0493. The number of ether oxygens (including phenoxy) is 1. The largest absolute Gasteiger partial charge is 0.367 e. The molecule has 1 aliphatic heterocycles. The van der Waals surface area contributed by atoms with E-state index in [0.717, 1.165) is 24.6 Å². The van der Waals surface area contributed by atoms with Crippen LogP contribution in [0, 0.1) is 5.92 Å². The molecule has 1 saturated carbocycles. The Kier molecular flexibility index (Phi) is 3.31. The van der Waals surface area contributed by atoms with Crippen molar-refractivity contribution in [2.75, 3.05) is 13.1 Å². The van der Waals surface area contributed by atoms with E-state index in [0.29, 0.717) is 16.1 Å². The fourth-order valence-electron chi connectivity index (χ4n) is 2.36. The highest BCUT2D eigenvalue weighted by atomic mass is 35.5. The molecule has 1 saturated heterocycles. The molecule has 1 aromatic rings. The first kappa shape index (κ1) is 11.8. The van der Waals surface area contributed by atoms with Crippen molar-refractivity contribution in [3.63, 3.8) is 0 Å². The molecule has 2 atom stereocenters. The van der Waals surface area contributed by atoms with Crippen LogP contribution in [0.1, 0.15) is 24.5 Å². The molecule has 3 rings (SSSR count). The summed E-state index contributed by atoms with van der Waals surface area (Å²) in [6.45, 7) is 1.77. The van der Waals surface area contributed by atoms with Gasteiger partial charge in [0.05, 0.1) is 22.3 Å². The lowest BCUT2D eigenvalue weighted by Gasteiger charge is -2.31. The van der Waals surface area contributed by atoms with Crippen LogP contribution in [0.2, 0.25) is 10.0 Å². The molecule has 0 amide bonds. The molecule has 4 heteroatoms. The third kappa shape index (κ3) is 2.45. The Morgan fingerprint density at radius 1 is 1.18 bits per heavy atom. The SMILES string of the molecule is Clc1cccc(C2CNCC(C3CC3)O2)c1Cl. The molecule has 0 radical (unpaired) electrons. The maximum atomic E-state index is 6.23. The molecule has 1 aromatic carbocycles. The quantitative estimate of drug-likeness (QED) is 0.890. The van der Waals surface area contributed by atoms with Crippen molar-refractivity contribution in [1.82, 2.24) is 5.32 Å². The lowest BCUT2D eigenvalue weighted by Crippen LogP contribution is -2.41. The smallest absolute Gasteiger partial charge is 0.0968 e. The summed E-state index contributed by atoms with van der Waals surface area (Å²) in [6.07, 6.45) is 2.95. The molecule has 2 aliphatic rings. The predicted octanol–water partition coefficient (Wildman–Crippen LogP) is 3.43. The highest BCUT2D eigenvalue weighted by molar-refractivity contribution is 6.42. The van der Waals surface area contributed by atoms with Crippen molar-refractivity contribution in [3.8, 4) is 0 Å². The van der Waals surface area contributed by atoms with Gasteiger partial charge in [-0.25, -0.2) is 0 Å². The van der Waals surface area contributed by atoms with Crippen molar-refractivity contribution in [1.29, 1.82) is 0 Å². The zero-order chi connectivity index (χ0) is 11.8. The highest BCUT2D eigenvalue weighted by Gasteiger charge is 2.36. The molecule has 1 heterocycles. The summed E-state index contributed by atoms with van der Waals surface area (Å²) in [6, 6.07) is 5.73. The average molecular weight is 272 g/mol. The molecule has 1 aliphatic carbocycles. The summed E-state index contributed by atoms with van der Waals surface area (Å²) in [7, 11) is 0. The van der Waals surface area contributed by atoms with Gasteiger partial charge in [0.25, 0.3) is 0 Å². The minimum absolute atomic E-state index is 0.0283. The second-order valence-electron chi connectivity index (χ2n) is 4.80. The van der Waals surface area contributed by atoms with Gasteiger partial charge in [-0.2, -0.15) is 0 Å². The molecule has 2 unspecified atom stereocenters. The Balaban J connectivity index is 1.80. The summed E-state index contributed by atoms with van der Waals surface area (Å²) in [5, 5.41) is 4.65. The van der Waals surface area contributed by atoms with Crippen LogP contribution >= 0.6 is 23.2 Å². The van der Waals surface area contributed by atoms with Crippen LogP contribution in [-0.2, 0) is 4.74 Å². The van der Waals surface area contributed by atoms with Gasteiger partial charge in [-0.05, 0) is 24.8 Å². The van der Waals surface area contributed by atoms with Crippen molar-refractivity contribution >= 4 is 23.2 Å². The Bertz CT molecular complexity index is 420. The number of morpholine rings is 1. The Labute approximate surface area is 111 Å². The van der Waals surface area contributed by atoms with Crippen molar-refractivity contribution in [2.24, 2.45) is 5.92 Å². The molecular weight excluding hydrogens is 257 g/mol. The van der Waals surface area contributed by atoms with Crippen LogP contribution in [0.15, 0.2) is 18.2 Å². The van der Waals surface area contributed by atoms with Gasteiger partial charge < -0.3 is 10.1 Å². The molecule has 0 spiro atoms. The first-order chi connectivity index (χ1) is 8.25. The third-order valence-electron chi connectivity index (χ3n) is 3.49. The van der Waals surface area contributed by atoms with Gasteiger partial charge in [-0.15, -0.1) is 0 Å². The van der Waals surface area contributed by atoms with E-state index in [9.17, 15) is 0 Å². The number of benzene rings is 1. The van der Waals surface area contributed by atoms with Crippen LogP contribution in [0.4, 0.5) is 0 Å².